The third-order valence-corrected chi connectivity index (χ3v) is 3.15. The van der Waals surface area contributed by atoms with Crippen molar-refractivity contribution in [2.45, 2.75) is 57.0 Å². The first kappa shape index (κ1) is 10.9. The first-order chi connectivity index (χ1) is 7.21. The van der Waals surface area contributed by atoms with Gasteiger partial charge in [0.05, 0.1) is 0 Å². The van der Waals surface area contributed by atoms with Crippen LogP contribution < -0.4 is 0 Å². The second-order valence-corrected chi connectivity index (χ2v) is 4.29. The number of cyclic esters (lactones) is 1. The molecule has 0 spiro atoms. The van der Waals surface area contributed by atoms with E-state index in [1.807, 2.05) is 0 Å². The Hall–Kier alpha value is -0.610. The first-order valence-corrected chi connectivity index (χ1v) is 5.64. The van der Waals surface area contributed by atoms with Gasteiger partial charge < -0.3 is 14.2 Å². The van der Waals surface area contributed by atoms with Gasteiger partial charge in [-0.1, -0.05) is 19.8 Å². The summed E-state index contributed by atoms with van der Waals surface area (Å²) in [7, 11) is 1.60. The van der Waals surface area contributed by atoms with E-state index >= 15 is 0 Å². The highest BCUT2D eigenvalue weighted by Crippen LogP contribution is 2.41. The van der Waals surface area contributed by atoms with Crippen LogP contribution in [0.4, 0.5) is 0 Å². The van der Waals surface area contributed by atoms with Crippen LogP contribution in [-0.2, 0) is 19.0 Å². The average Bonchev–Trinajstić information content (AvgIpc) is 2.98. The summed E-state index contributed by atoms with van der Waals surface area (Å²) in [6.45, 7) is 2.15. The average molecular weight is 214 g/mol. The summed E-state index contributed by atoms with van der Waals surface area (Å²) in [5.41, 5.74) is 0. The van der Waals surface area contributed by atoms with Gasteiger partial charge in [0, 0.05) is 20.0 Å². The standard InChI is InChI=1S/C11H18O4/c1-3-4-5-6-11(13-2)7-8-9(14-8)10(12)15-11/h8-9H,3-7H2,1-2H3/t8-,9-,11+/m1/s1. The van der Waals surface area contributed by atoms with E-state index in [1.165, 1.54) is 0 Å². The molecule has 2 saturated heterocycles. The summed E-state index contributed by atoms with van der Waals surface area (Å²) >= 11 is 0. The van der Waals surface area contributed by atoms with Crippen molar-refractivity contribution in [2.75, 3.05) is 7.11 Å². The highest BCUT2D eigenvalue weighted by atomic mass is 16.7. The molecule has 2 heterocycles. The van der Waals surface area contributed by atoms with Gasteiger partial charge in [-0.2, -0.15) is 0 Å². The molecule has 0 unspecified atom stereocenters. The van der Waals surface area contributed by atoms with Gasteiger partial charge >= 0.3 is 5.97 Å². The Labute approximate surface area is 89.9 Å². The summed E-state index contributed by atoms with van der Waals surface area (Å²) in [5.74, 6) is -0.978. The van der Waals surface area contributed by atoms with Crippen LogP contribution in [0.3, 0.4) is 0 Å². The Balaban J connectivity index is 1.92. The second kappa shape index (κ2) is 4.10. The Bertz CT molecular complexity index is 253. The Morgan fingerprint density at radius 2 is 2.33 bits per heavy atom. The molecule has 2 aliphatic rings. The van der Waals surface area contributed by atoms with Gasteiger partial charge in [0.1, 0.15) is 6.10 Å². The van der Waals surface area contributed by atoms with E-state index in [-0.39, 0.29) is 18.2 Å². The van der Waals surface area contributed by atoms with Crippen LogP contribution in [0.25, 0.3) is 0 Å². The van der Waals surface area contributed by atoms with E-state index < -0.39 is 5.79 Å². The fourth-order valence-electron chi connectivity index (χ4n) is 2.12. The molecule has 0 aromatic heterocycles. The van der Waals surface area contributed by atoms with E-state index in [9.17, 15) is 4.79 Å². The second-order valence-electron chi connectivity index (χ2n) is 4.29. The van der Waals surface area contributed by atoms with Crippen molar-refractivity contribution >= 4 is 5.97 Å². The highest BCUT2D eigenvalue weighted by Gasteiger charge is 2.58. The monoisotopic (exact) mass is 214 g/mol. The fraction of sp³-hybridized carbons (Fsp3) is 0.909. The maximum absolute atomic E-state index is 11.4. The molecule has 86 valence electrons. The van der Waals surface area contributed by atoms with Gasteiger partial charge in [-0.05, 0) is 6.42 Å². The van der Waals surface area contributed by atoms with Crippen LogP contribution in [-0.4, -0.2) is 31.1 Å². The molecule has 2 aliphatic heterocycles. The molecular weight excluding hydrogens is 196 g/mol. The van der Waals surface area contributed by atoms with E-state index in [0.29, 0.717) is 6.42 Å². The van der Waals surface area contributed by atoms with Crippen LogP contribution in [0.15, 0.2) is 0 Å². The number of fused-ring (bicyclic) bond motifs is 1. The van der Waals surface area contributed by atoms with Gasteiger partial charge in [-0.25, -0.2) is 4.79 Å². The zero-order valence-electron chi connectivity index (χ0n) is 9.32. The van der Waals surface area contributed by atoms with Gasteiger partial charge in [0.15, 0.2) is 6.10 Å². The number of unbranched alkanes of at least 4 members (excludes halogenated alkanes) is 2. The normalized spacial score (nSPS) is 38.4. The summed E-state index contributed by atoms with van der Waals surface area (Å²) < 4.78 is 15.9. The number of hydrogen-bond acceptors (Lipinski definition) is 4. The molecule has 4 nitrogen and oxygen atoms in total. The summed E-state index contributed by atoms with van der Waals surface area (Å²) in [6, 6.07) is 0. The molecule has 0 amide bonds. The van der Waals surface area contributed by atoms with E-state index in [0.717, 1.165) is 25.7 Å². The molecule has 0 bridgehead atoms. The summed E-state index contributed by atoms with van der Waals surface area (Å²) in [6.07, 6.45) is 4.50. The maximum Gasteiger partial charge on any atom is 0.340 e. The van der Waals surface area contributed by atoms with Crippen molar-refractivity contribution in [1.82, 2.24) is 0 Å². The minimum atomic E-state index is -0.718. The number of carbonyl (C=O) groups is 1. The predicted octanol–water partition coefficient (Wildman–Crippen LogP) is 1.62. The quantitative estimate of drug-likeness (QED) is 0.396. The minimum Gasteiger partial charge on any atom is -0.431 e. The Morgan fingerprint density at radius 3 is 2.93 bits per heavy atom. The third-order valence-electron chi connectivity index (χ3n) is 3.15. The van der Waals surface area contributed by atoms with Crippen molar-refractivity contribution in [2.24, 2.45) is 0 Å². The summed E-state index contributed by atoms with van der Waals surface area (Å²) in [4.78, 5) is 11.4. The van der Waals surface area contributed by atoms with Crippen molar-refractivity contribution in [1.29, 1.82) is 0 Å². The van der Waals surface area contributed by atoms with Crippen LogP contribution >= 0.6 is 0 Å². The van der Waals surface area contributed by atoms with Crippen LogP contribution in [0, 0.1) is 0 Å². The number of methoxy groups -OCH3 is 1. The zero-order chi connectivity index (χ0) is 10.9. The lowest BCUT2D eigenvalue weighted by molar-refractivity contribution is -0.233. The fourth-order valence-corrected chi connectivity index (χ4v) is 2.12. The lowest BCUT2D eigenvalue weighted by Crippen LogP contribution is -2.44. The van der Waals surface area contributed by atoms with Crippen molar-refractivity contribution in [3.8, 4) is 0 Å². The molecule has 15 heavy (non-hydrogen) atoms. The number of hydrogen-bond donors (Lipinski definition) is 0. The predicted molar refractivity (Wildman–Crippen MR) is 53.3 cm³/mol. The van der Waals surface area contributed by atoms with Crippen LogP contribution in [0.2, 0.25) is 0 Å². The summed E-state index contributed by atoms with van der Waals surface area (Å²) in [5, 5.41) is 0. The van der Waals surface area contributed by atoms with Gasteiger partial charge in [-0.15, -0.1) is 0 Å². The smallest absolute Gasteiger partial charge is 0.340 e. The minimum absolute atomic E-state index is 0.0350. The van der Waals surface area contributed by atoms with Crippen molar-refractivity contribution < 1.29 is 19.0 Å². The van der Waals surface area contributed by atoms with Gasteiger partial charge in [0.25, 0.3) is 0 Å². The SMILES string of the molecule is CCCCC[C@@]1(OC)C[C@H]2O[C@H]2C(=O)O1. The molecule has 4 heteroatoms. The molecule has 2 fully saturated rings. The number of carbonyl (C=O) groups excluding carboxylic acids is 1. The molecule has 0 radical (unpaired) electrons. The van der Waals surface area contributed by atoms with Crippen LogP contribution in [0.1, 0.15) is 39.0 Å². The molecule has 0 aromatic rings. The van der Waals surface area contributed by atoms with E-state index in [1.54, 1.807) is 7.11 Å². The maximum atomic E-state index is 11.4. The van der Waals surface area contributed by atoms with Gasteiger partial charge in [0.2, 0.25) is 5.79 Å². The van der Waals surface area contributed by atoms with E-state index in [4.69, 9.17) is 14.2 Å². The zero-order valence-corrected chi connectivity index (χ0v) is 9.32. The van der Waals surface area contributed by atoms with E-state index in [2.05, 4.69) is 6.92 Å². The molecule has 0 aliphatic carbocycles. The Kier molecular flexibility index (Phi) is 2.98. The number of rotatable bonds is 5. The van der Waals surface area contributed by atoms with Gasteiger partial charge in [-0.3, -0.25) is 0 Å². The molecule has 0 aromatic carbocycles. The molecule has 2 rings (SSSR count). The molecule has 3 atom stereocenters. The largest absolute Gasteiger partial charge is 0.431 e. The first-order valence-electron chi connectivity index (χ1n) is 5.64. The number of esters is 1. The number of epoxide rings is 1. The third kappa shape index (κ3) is 2.16. The Morgan fingerprint density at radius 1 is 1.53 bits per heavy atom. The van der Waals surface area contributed by atoms with Crippen molar-refractivity contribution in [3.05, 3.63) is 0 Å². The molecular formula is C11H18O4. The highest BCUT2D eigenvalue weighted by molar-refractivity contribution is 5.79. The number of ether oxygens (including phenoxy) is 3. The lowest BCUT2D eigenvalue weighted by Gasteiger charge is -2.33. The molecule has 0 N–H and O–H groups in total. The molecule has 0 saturated carbocycles. The van der Waals surface area contributed by atoms with Crippen LogP contribution in [0.5, 0.6) is 0 Å². The lowest BCUT2D eigenvalue weighted by atomic mass is 9.99. The topological polar surface area (TPSA) is 48.1 Å². The van der Waals surface area contributed by atoms with Crippen molar-refractivity contribution in [3.63, 3.8) is 0 Å².